The Morgan fingerprint density at radius 2 is 1.27 bits per heavy atom. The SMILES string of the molecule is COC(=O)C1(C(=O)OC)C(c2ccc(OC)cc2)=C2C(=C(c3ccccc3)c3ccc(Cl)cc32)c2ccccc21. The van der Waals surface area contributed by atoms with Crippen molar-refractivity contribution in [1.29, 1.82) is 0 Å². The summed E-state index contributed by atoms with van der Waals surface area (Å²) in [5, 5.41) is 0.537. The number of benzene rings is 4. The summed E-state index contributed by atoms with van der Waals surface area (Å²) in [4.78, 5) is 28.1. The van der Waals surface area contributed by atoms with Crippen LogP contribution in [0.25, 0.3) is 22.3 Å². The smallest absolute Gasteiger partial charge is 0.332 e. The second kappa shape index (κ2) is 9.85. The molecule has 0 bridgehead atoms. The van der Waals surface area contributed by atoms with E-state index in [9.17, 15) is 9.59 Å². The summed E-state index contributed by atoms with van der Waals surface area (Å²) in [7, 11) is 4.15. The molecule has 0 N–H and O–H groups in total. The topological polar surface area (TPSA) is 61.8 Å². The Morgan fingerprint density at radius 1 is 0.625 bits per heavy atom. The van der Waals surface area contributed by atoms with Crippen LogP contribution in [0, 0.1) is 0 Å². The van der Waals surface area contributed by atoms with Crippen LogP contribution in [-0.2, 0) is 24.5 Å². The molecule has 6 heteroatoms. The third-order valence-electron chi connectivity index (χ3n) is 7.67. The minimum absolute atomic E-state index is 0.469. The predicted octanol–water partition coefficient (Wildman–Crippen LogP) is 6.83. The number of hydrogen-bond acceptors (Lipinski definition) is 5. The summed E-state index contributed by atoms with van der Waals surface area (Å²) in [6.07, 6.45) is 0. The summed E-state index contributed by atoms with van der Waals surface area (Å²) < 4.78 is 16.2. The van der Waals surface area contributed by atoms with Crippen LogP contribution in [0.5, 0.6) is 5.75 Å². The van der Waals surface area contributed by atoms with Crippen molar-refractivity contribution < 1.29 is 23.8 Å². The molecule has 0 atom stereocenters. The van der Waals surface area contributed by atoms with Crippen molar-refractivity contribution >= 4 is 45.8 Å². The van der Waals surface area contributed by atoms with Crippen LogP contribution >= 0.6 is 11.6 Å². The lowest BCUT2D eigenvalue weighted by Gasteiger charge is -2.38. The number of ether oxygens (including phenoxy) is 3. The highest BCUT2D eigenvalue weighted by Gasteiger charge is 2.59. The van der Waals surface area contributed by atoms with Gasteiger partial charge in [0.1, 0.15) is 5.75 Å². The number of fused-ring (bicyclic) bond motifs is 5. The van der Waals surface area contributed by atoms with E-state index in [4.69, 9.17) is 25.8 Å². The number of rotatable bonds is 5. The maximum absolute atomic E-state index is 14.1. The van der Waals surface area contributed by atoms with E-state index in [-0.39, 0.29) is 0 Å². The summed E-state index contributed by atoms with van der Waals surface area (Å²) in [6.45, 7) is 0. The summed E-state index contributed by atoms with van der Waals surface area (Å²) in [5.41, 5.74) is 5.86. The van der Waals surface area contributed by atoms with Gasteiger partial charge in [0.15, 0.2) is 0 Å². The molecule has 0 aromatic heterocycles. The Bertz CT molecular complexity index is 1720. The fraction of sp³-hybridized carbons (Fsp3) is 0.118. The summed E-state index contributed by atoms with van der Waals surface area (Å²) in [6, 6.07) is 30.6. The average Bonchev–Trinajstić information content (AvgIpc) is 3.34. The highest BCUT2D eigenvalue weighted by molar-refractivity contribution is 6.38. The minimum Gasteiger partial charge on any atom is -0.497 e. The number of methoxy groups -OCH3 is 3. The van der Waals surface area contributed by atoms with Crippen molar-refractivity contribution in [3.8, 4) is 5.75 Å². The molecule has 2 aliphatic carbocycles. The molecule has 0 amide bonds. The number of allylic oxidation sites excluding steroid dienone is 2. The van der Waals surface area contributed by atoms with Crippen molar-refractivity contribution in [2.24, 2.45) is 0 Å². The highest BCUT2D eigenvalue weighted by Crippen LogP contribution is 2.61. The van der Waals surface area contributed by atoms with Crippen molar-refractivity contribution in [3.05, 3.63) is 135 Å². The molecule has 4 aromatic carbocycles. The van der Waals surface area contributed by atoms with E-state index < -0.39 is 17.4 Å². The van der Waals surface area contributed by atoms with Gasteiger partial charge in [0, 0.05) is 10.6 Å². The lowest BCUT2D eigenvalue weighted by molar-refractivity contribution is -0.158. The Balaban J connectivity index is 1.89. The van der Waals surface area contributed by atoms with Gasteiger partial charge in [-0.25, -0.2) is 0 Å². The zero-order chi connectivity index (χ0) is 28.0. The van der Waals surface area contributed by atoms with E-state index >= 15 is 0 Å². The third-order valence-corrected chi connectivity index (χ3v) is 7.91. The molecule has 0 spiro atoms. The standard InChI is InChI=1S/C34H25ClO5/c1-38-23-16-13-21(14-17-23)31-30-26-19-22(35)15-18-24(26)28(20-9-5-4-6-10-20)29(30)25-11-7-8-12-27(25)34(31,32(36)39-2)33(37)40-3/h4-19H,1-3H3. The van der Waals surface area contributed by atoms with E-state index in [1.165, 1.54) is 14.2 Å². The van der Waals surface area contributed by atoms with Gasteiger partial charge >= 0.3 is 11.9 Å². The third kappa shape index (κ3) is 3.55. The zero-order valence-electron chi connectivity index (χ0n) is 22.2. The van der Waals surface area contributed by atoms with Gasteiger partial charge in [-0.05, 0) is 74.4 Å². The van der Waals surface area contributed by atoms with E-state index in [0.29, 0.717) is 27.5 Å². The Kier molecular flexibility index (Phi) is 6.32. The van der Waals surface area contributed by atoms with E-state index in [1.54, 1.807) is 25.3 Å². The fourth-order valence-corrected chi connectivity index (χ4v) is 6.22. The largest absolute Gasteiger partial charge is 0.497 e. The van der Waals surface area contributed by atoms with Gasteiger partial charge in [-0.2, -0.15) is 0 Å². The number of halogens is 1. The molecule has 0 heterocycles. The molecular formula is C34H25ClO5. The molecule has 198 valence electrons. The lowest BCUT2D eigenvalue weighted by atomic mass is 9.62. The molecule has 2 aliphatic rings. The first-order valence-electron chi connectivity index (χ1n) is 12.7. The first-order valence-corrected chi connectivity index (χ1v) is 13.1. The average molecular weight is 549 g/mol. The highest BCUT2D eigenvalue weighted by atomic mass is 35.5. The maximum Gasteiger partial charge on any atom is 0.332 e. The Labute approximate surface area is 237 Å². The van der Waals surface area contributed by atoms with Crippen molar-refractivity contribution in [1.82, 2.24) is 0 Å². The van der Waals surface area contributed by atoms with Gasteiger partial charge in [0.2, 0.25) is 5.41 Å². The quantitative estimate of drug-likeness (QED) is 0.202. The van der Waals surface area contributed by atoms with Crippen LogP contribution in [0.2, 0.25) is 5.02 Å². The number of hydrogen-bond donors (Lipinski definition) is 0. The zero-order valence-corrected chi connectivity index (χ0v) is 22.9. The second-order valence-electron chi connectivity index (χ2n) is 9.56. The van der Waals surface area contributed by atoms with Crippen molar-refractivity contribution in [2.75, 3.05) is 21.3 Å². The van der Waals surface area contributed by atoms with Crippen LogP contribution in [0.1, 0.15) is 33.4 Å². The molecule has 40 heavy (non-hydrogen) atoms. The van der Waals surface area contributed by atoms with Gasteiger partial charge in [-0.3, -0.25) is 9.59 Å². The van der Waals surface area contributed by atoms with Gasteiger partial charge in [-0.1, -0.05) is 84.4 Å². The molecule has 5 nitrogen and oxygen atoms in total. The van der Waals surface area contributed by atoms with Gasteiger partial charge in [0.25, 0.3) is 0 Å². The molecule has 6 rings (SSSR count). The maximum atomic E-state index is 14.1. The first-order chi connectivity index (χ1) is 19.5. The van der Waals surface area contributed by atoms with Crippen LogP contribution < -0.4 is 4.74 Å². The van der Waals surface area contributed by atoms with Crippen LogP contribution in [0.15, 0.2) is 97.1 Å². The van der Waals surface area contributed by atoms with Gasteiger partial charge < -0.3 is 14.2 Å². The molecule has 0 unspecified atom stereocenters. The molecule has 0 saturated heterocycles. The van der Waals surface area contributed by atoms with Crippen molar-refractivity contribution in [2.45, 2.75) is 5.41 Å². The van der Waals surface area contributed by atoms with Crippen LogP contribution in [0.3, 0.4) is 0 Å². The molecule has 0 fully saturated rings. The minimum atomic E-state index is -1.90. The van der Waals surface area contributed by atoms with Gasteiger partial charge in [0.05, 0.1) is 21.3 Å². The van der Waals surface area contributed by atoms with Crippen LogP contribution in [0.4, 0.5) is 0 Å². The number of carbonyl (C=O) groups is 2. The van der Waals surface area contributed by atoms with E-state index in [0.717, 1.165) is 39.0 Å². The van der Waals surface area contributed by atoms with E-state index in [2.05, 4.69) is 12.1 Å². The summed E-state index contributed by atoms with van der Waals surface area (Å²) >= 11 is 6.59. The van der Waals surface area contributed by atoms with Crippen molar-refractivity contribution in [3.63, 3.8) is 0 Å². The van der Waals surface area contributed by atoms with E-state index in [1.807, 2.05) is 66.7 Å². The van der Waals surface area contributed by atoms with Gasteiger partial charge in [-0.15, -0.1) is 0 Å². The predicted molar refractivity (Wildman–Crippen MR) is 156 cm³/mol. The molecule has 4 aromatic rings. The Hall–Kier alpha value is -4.61. The normalized spacial score (nSPS) is 14.7. The number of carbonyl (C=O) groups excluding carboxylic acids is 2. The molecule has 0 aliphatic heterocycles. The summed E-state index contributed by atoms with van der Waals surface area (Å²) in [5.74, 6) is -0.829. The second-order valence-corrected chi connectivity index (χ2v) is 10.00. The molecular weight excluding hydrogens is 524 g/mol. The fourth-order valence-electron chi connectivity index (χ4n) is 6.05. The number of esters is 2. The Morgan fingerprint density at radius 3 is 1.93 bits per heavy atom. The lowest BCUT2D eigenvalue weighted by Crippen LogP contribution is -2.48. The first kappa shape index (κ1) is 25.7. The monoisotopic (exact) mass is 548 g/mol. The molecule has 0 saturated carbocycles. The van der Waals surface area contributed by atoms with Crippen LogP contribution in [-0.4, -0.2) is 33.3 Å². The molecule has 0 radical (unpaired) electrons.